The Kier molecular flexibility index (Phi) is 3.75. The number of aryl methyl sites for hydroxylation is 1. The van der Waals surface area contributed by atoms with E-state index in [1.54, 1.807) is 7.11 Å². The van der Waals surface area contributed by atoms with E-state index in [9.17, 15) is 0 Å². The summed E-state index contributed by atoms with van der Waals surface area (Å²) in [6, 6.07) is 6.98. The molecule has 3 heteroatoms. The summed E-state index contributed by atoms with van der Waals surface area (Å²) < 4.78 is 5.43. The number of pyridine rings is 1. The molecule has 0 saturated heterocycles. The summed E-state index contributed by atoms with van der Waals surface area (Å²) in [6.07, 6.45) is 8.96. The molecule has 116 valence electrons. The fourth-order valence-electron chi connectivity index (χ4n) is 4.04. The summed E-state index contributed by atoms with van der Waals surface area (Å²) in [5.41, 5.74) is 5.39. The highest BCUT2D eigenvalue weighted by Crippen LogP contribution is 2.32. The second-order valence-electron chi connectivity index (χ2n) is 6.61. The van der Waals surface area contributed by atoms with Gasteiger partial charge in [-0.15, -0.1) is 0 Å². The van der Waals surface area contributed by atoms with Crippen molar-refractivity contribution >= 4 is 10.9 Å². The molecule has 2 aliphatic rings. The minimum Gasteiger partial charge on any atom is -0.497 e. The SMILES string of the molecule is COc1ccc2nc3c(c(CNC4CCCC4)c2c1)CCC3. The van der Waals surface area contributed by atoms with Crippen molar-refractivity contribution in [3.05, 3.63) is 35.0 Å². The predicted octanol–water partition coefficient (Wildman–Crippen LogP) is 3.76. The summed E-state index contributed by atoms with van der Waals surface area (Å²) in [5, 5.41) is 5.06. The molecule has 3 nitrogen and oxygen atoms in total. The van der Waals surface area contributed by atoms with E-state index < -0.39 is 0 Å². The first-order valence-corrected chi connectivity index (χ1v) is 8.57. The van der Waals surface area contributed by atoms with E-state index in [1.807, 2.05) is 6.07 Å². The molecule has 1 saturated carbocycles. The number of ether oxygens (including phenoxy) is 1. The van der Waals surface area contributed by atoms with Crippen molar-refractivity contribution in [1.29, 1.82) is 0 Å². The highest BCUT2D eigenvalue weighted by molar-refractivity contribution is 5.85. The average Bonchev–Trinajstić information content (AvgIpc) is 3.22. The van der Waals surface area contributed by atoms with Crippen LogP contribution in [0.2, 0.25) is 0 Å². The summed E-state index contributed by atoms with van der Waals surface area (Å²) >= 11 is 0. The van der Waals surface area contributed by atoms with Crippen LogP contribution in [-0.4, -0.2) is 18.1 Å². The van der Waals surface area contributed by atoms with Gasteiger partial charge in [-0.25, -0.2) is 0 Å². The van der Waals surface area contributed by atoms with Gasteiger partial charge in [0.2, 0.25) is 0 Å². The van der Waals surface area contributed by atoms with Gasteiger partial charge in [0.25, 0.3) is 0 Å². The molecule has 0 amide bonds. The maximum absolute atomic E-state index is 5.43. The molecular weight excluding hydrogens is 272 g/mol. The lowest BCUT2D eigenvalue weighted by Crippen LogP contribution is -2.26. The first-order valence-electron chi connectivity index (χ1n) is 8.57. The molecule has 1 fully saturated rings. The highest BCUT2D eigenvalue weighted by Gasteiger charge is 2.21. The van der Waals surface area contributed by atoms with Crippen LogP contribution >= 0.6 is 0 Å². The van der Waals surface area contributed by atoms with Gasteiger partial charge < -0.3 is 10.1 Å². The number of hydrogen-bond acceptors (Lipinski definition) is 3. The Labute approximate surface area is 132 Å². The summed E-state index contributed by atoms with van der Waals surface area (Å²) in [4.78, 5) is 4.89. The predicted molar refractivity (Wildman–Crippen MR) is 89.4 cm³/mol. The molecule has 1 aromatic carbocycles. The number of aromatic nitrogens is 1. The Balaban J connectivity index is 1.75. The second-order valence-corrected chi connectivity index (χ2v) is 6.61. The van der Waals surface area contributed by atoms with Crippen molar-refractivity contribution in [2.45, 2.75) is 57.5 Å². The zero-order valence-corrected chi connectivity index (χ0v) is 13.3. The normalized spacial score (nSPS) is 18.0. The largest absolute Gasteiger partial charge is 0.497 e. The van der Waals surface area contributed by atoms with Crippen LogP contribution < -0.4 is 10.1 Å². The molecule has 4 rings (SSSR count). The van der Waals surface area contributed by atoms with Crippen molar-refractivity contribution in [2.24, 2.45) is 0 Å². The Bertz CT molecular complexity index is 689. The summed E-state index contributed by atoms with van der Waals surface area (Å²) in [5.74, 6) is 0.925. The van der Waals surface area contributed by atoms with Crippen molar-refractivity contribution < 1.29 is 4.74 Å². The topological polar surface area (TPSA) is 34.1 Å². The monoisotopic (exact) mass is 296 g/mol. The van der Waals surface area contributed by atoms with Crippen molar-refractivity contribution in [3.63, 3.8) is 0 Å². The van der Waals surface area contributed by atoms with Gasteiger partial charge in [0.15, 0.2) is 0 Å². The third kappa shape index (κ3) is 2.48. The van der Waals surface area contributed by atoms with Gasteiger partial charge in [0.1, 0.15) is 5.75 Å². The van der Waals surface area contributed by atoms with Gasteiger partial charge in [0, 0.05) is 23.7 Å². The minimum atomic E-state index is 0.700. The molecule has 0 bridgehead atoms. The lowest BCUT2D eigenvalue weighted by atomic mass is 10.0. The highest BCUT2D eigenvalue weighted by atomic mass is 16.5. The second kappa shape index (κ2) is 5.88. The van der Waals surface area contributed by atoms with Gasteiger partial charge in [-0.1, -0.05) is 12.8 Å². The number of methoxy groups -OCH3 is 1. The molecule has 0 spiro atoms. The summed E-state index contributed by atoms with van der Waals surface area (Å²) in [6.45, 7) is 0.971. The molecule has 0 unspecified atom stereocenters. The van der Waals surface area contributed by atoms with Crippen LogP contribution in [0.3, 0.4) is 0 Å². The maximum atomic E-state index is 5.43. The zero-order valence-electron chi connectivity index (χ0n) is 13.3. The van der Waals surface area contributed by atoms with Crippen molar-refractivity contribution in [1.82, 2.24) is 10.3 Å². The molecule has 0 atom stereocenters. The van der Waals surface area contributed by atoms with E-state index in [0.29, 0.717) is 6.04 Å². The van der Waals surface area contributed by atoms with Crippen LogP contribution in [0.5, 0.6) is 5.75 Å². The van der Waals surface area contributed by atoms with Crippen LogP contribution in [-0.2, 0) is 19.4 Å². The number of fused-ring (bicyclic) bond motifs is 2. The molecule has 0 radical (unpaired) electrons. The lowest BCUT2D eigenvalue weighted by molar-refractivity contribution is 0.415. The number of nitrogens with one attached hydrogen (secondary N) is 1. The fraction of sp³-hybridized carbons (Fsp3) is 0.526. The first-order chi connectivity index (χ1) is 10.8. The fourth-order valence-corrected chi connectivity index (χ4v) is 4.04. The third-order valence-electron chi connectivity index (χ3n) is 5.26. The van der Waals surface area contributed by atoms with E-state index in [-0.39, 0.29) is 0 Å². The Hall–Kier alpha value is -1.61. The molecule has 0 aliphatic heterocycles. The van der Waals surface area contributed by atoms with Gasteiger partial charge in [-0.3, -0.25) is 4.98 Å². The molecule has 1 N–H and O–H groups in total. The van der Waals surface area contributed by atoms with Crippen LogP contribution in [0.4, 0.5) is 0 Å². The molecule has 1 heterocycles. The van der Waals surface area contributed by atoms with Crippen molar-refractivity contribution in [3.8, 4) is 5.75 Å². The summed E-state index contributed by atoms with van der Waals surface area (Å²) in [7, 11) is 1.73. The van der Waals surface area contributed by atoms with Gasteiger partial charge >= 0.3 is 0 Å². The number of rotatable bonds is 4. The zero-order chi connectivity index (χ0) is 14.9. The number of benzene rings is 1. The van der Waals surface area contributed by atoms with Gasteiger partial charge in [0.05, 0.1) is 12.6 Å². The molecular formula is C19H24N2O. The Morgan fingerprint density at radius 1 is 1.18 bits per heavy atom. The third-order valence-corrected chi connectivity index (χ3v) is 5.26. The lowest BCUT2D eigenvalue weighted by Gasteiger charge is -2.17. The average molecular weight is 296 g/mol. The smallest absolute Gasteiger partial charge is 0.119 e. The molecule has 1 aromatic heterocycles. The first kappa shape index (κ1) is 14.0. The standard InChI is InChI=1S/C19H24N2O/c1-22-14-9-10-19-16(11-14)17(12-20-13-5-2-3-6-13)15-7-4-8-18(15)21-19/h9-11,13,20H,2-8,12H2,1H3. The quantitative estimate of drug-likeness (QED) is 0.932. The van der Waals surface area contributed by atoms with E-state index in [0.717, 1.165) is 24.2 Å². The van der Waals surface area contributed by atoms with Gasteiger partial charge in [-0.05, 0) is 61.4 Å². The van der Waals surface area contributed by atoms with E-state index in [4.69, 9.17) is 9.72 Å². The Morgan fingerprint density at radius 3 is 2.86 bits per heavy atom. The van der Waals surface area contributed by atoms with Crippen molar-refractivity contribution in [2.75, 3.05) is 7.11 Å². The maximum Gasteiger partial charge on any atom is 0.119 e. The number of nitrogens with zero attached hydrogens (tertiary/aromatic N) is 1. The van der Waals surface area contributed by atoms with Gasteiger partial charge in [-0.2, -0.15) is 0 Å². The van der Waals surface area contributed by atoms with E-state index >= 15 is 0 Å². The molecule has 22 heavy (non-hydrogen) atoms. The van der Waals surface area contributed by atoms with E-state index in [2.05, 4.69) is 17.4 Å². The van der Waals surface area contributed by atoms with Crippen LogP contribution in [0.25, 0.3) is 10.9 Å². The van der Waals surface area contributed by atoms with Crippen LogP contribution in [0, 0.1) is 0 Å². The minimum absolute atomic E-state index is 0.700. The Morgan fingerprint density at radius 2 is 2.05 bits per heavy atom. The molecule has 2 aromatic rings. The molecule has 2 aliphatic carbocycles. The van der Waals surface area contributed by atoms with Crippen LogP contribution in [0.15, 0.2) is 18.2 Å². The van der Waals surface area contributed by atoms with Crippen LogP contribution in [0.1, 0.15) is 48.9 Å². The number of hydrogen-bond donors (Lipinski definition) is 1. The van der Waals surface area contributed by atoms with E-state index in [1.165, 1.54) is 60.7 Å².